The van der Waals surface area contributed by atoms with Crippen molar-refractivity contribution in [2.45, 2.75) is 125 Å². The van der Waals surface area contributed by atoms with E-state index in [2.05, 4.69) is 97.0 Å². The van der Waals surface area contributed by atoms with Crippen LogP contribution in [-0.2, 0) is 20.4 Å². The minimum absolute atomic E-state index is 0.0432. The molecule has 4 bridgehead atoms. The molecule has 0 heterocycles. The second-order valence-corrected chi connectivity index (χ2v) is 15.7. The van der Waals surface area contributed by atoms with Crippen molar-refractivity contribution in [1.82, 2.24) is 0 Å². The molecule has 0 saturated heterocycles. The Kier molecular flexibility index (Phi) is 7.81. The highest BCUT2D eigenvalue weighted by Crippen LogP contribution is 2.60. The fourth-order valence-corrected chi connectivity index (χ4v) is 10.8. The van der Waals surface area contributed by atoms with Gasteiger partial charge in [0.2, 0.25) is 4.75 Å². The van der Waals surface area contributed by atoms with E-state index in [4.69, 9.17) is 4.74 Å². The molecule has 0 aliphatic heterocycles. The average molecular weight is 534 g/mol. The van der Waals surface area contributed by atoms with E-state index in [1.165, 1.54) is 53.0 Å². The van der Waals surface area contributed by atoms with E-state index in [0.29, 0.717) is 23.7 Å². The lowest BCUT2D eigenvalue weighted by Crippen LogP contribution is -2.60. The summed E-state index contributed by atoms with van der Waals surface area (Å²) >= 11 is 0. The Hall–Kier alpha value is -1.74. The molecule has 2 aromatic carbocycles. The fourth-order valence-electron chi connectivity index (χ4n) is 8.06. The summed E-state index contributed by atoms with van der Waals surface area (Å²) in [5, 5.41) is 0. The summed E-state index contributed by atoms with van der Waals surface area (Å²) in [6.07, 6.45) is 7.97. The third kappa shape index (κ3) is 4.76. The first kappa shape index (κ1) is 27.8. The monoisotopic (exact) mass is 533 g/mol. The van der Waals surface area contributed by atoms with Gasteiger partial charge >= 0.3 is 5.97 Å². The number of benzene rings is 2. The number of esters is 1. The first-order chi connectivity index (χ1) is 18.1. The zero-order valence-electron chi connectivity index (χ0n) is 24.8. The van der Waals surface area contributed by atoms with E-state index in [-0.39, 0.29) is 11.6 Å². The number of hydrogen-bond donors (Lipinski definition) is 0. The molecule has 0 spiro atoms. The van der Waals surface area contributed by atoms with Crippen LogP contribution < -0.4 is 0 Å². The molecule has 0 unspecified atom stereocenters. The van der Waals surface area contributed by atoms with E-state index in [0.717, 1.165) is 24.7 Å². The third-order valence-corrected chi connectivity index (χ3v) is 13.6. The first-order valence-electron chi connectivity index (χ1n) is 15.3. The lowest BCUT2D eigenvalue weighted by Gasteiger charge is -2.59. The normalized spacial score (nSPS) is 28.5. The number of hydrogen-bond acceptors (Lipinski definition) is 2. The van der Waals surface area contributed by atoms with Crippen molar-refractivity contribution in [2.24, 2.45) is 23.7 Å². The van der Waals surface area contributed by atoms with Gasteiger partial charge in [-0.05, 0) is 110 Å². The lowest BCUT2D eigenvalue weighted by atomic mass is 9.50. The van der Waals surface area contributed by atoms with Crippen molar-refractivity contribution in [3.8, 4) is 0 Å². The Balaban J connectivity index is 1.54. The lowest BCUT2D eigenvalue weighted by molar-refractivity contribution is -0.205. The van der Waals surface area contributed by atoms with Gasteiger partial charge in [-0.25, -0.2) is 4.79 Å². The third-order valence-electron chi connectivity index (χ3n) is 10.5. The zero-order valence-corrected chi connectivity index (χ0v) is 25.6. The molecule has 4 aliphatic rings. The largest absolute Gasteiger partial charge is 0.455 e. The van der Waals surface area contributed by atoms with E-state index < -0.39 is 15.6 Å². The summed E-state index contributed by atoms with van der Waals surface area (Å²) in [5.74, 6) is 3.81. The molecular weight excluding hydrogens is 484 g/mol. The predicted octanol–water partition coefficient (Wildman–Crippen LogP) is 9.29. The van der Waals surface area contributed by atoms with Gasteiger partial charge in [0.15, 0.2) is 9.79 Å². The molecule has 38 heavy (non-hydrogen) atoms. The molecule has 4 aliphatic carbocycles. The summed E-state index contributed by atoms with van der Waals surface area (Å²) in [4.78, 5) is 17.2. The van der Waals surface area contributed by atoms with Crippen LogP contribution in [0.1, 0.15) is 116 Å². The number of ether oxygens (including phenoxy) is 1. The highest BCUT2D eigenvalue weighted by atomic mass is 32.2. The SMILES string of the molecule is CCC(CC)(C(=O)OC1(C)C2CC3CC(C2)CC1C3)[S+](c1ccc(C(C)C)cc1)c1ccc(C(C)C)cc1. The van der Waals surface area contributed by atoms with Gasteiger partial charge in [0.1, 0.15) is 5.60 Å². The van der Waals surface area contributed by atoms with Gasteiger partial charge in [-0.2, -0.15) is 0 Å². The van der Waals surface area contributed by atoms with Crippen molar-refractivity contribution in [1.29, 1.82) is 0 Å². The Morgan fingerprint density at radius 2 is 1.18 bits per heavy atom. The van der Waals surface area contributed by atoms with Gasteiger partial charge in [0.05, 0.1) is 10.9 Å². The van der Waals surface area contributed by atoms with E-state index >= 15 is 0 Å². The second kappa shape index (κ2) is 10.7. The number of rotatable bonds is 9. The van der Waals surface area contributed by atoms with Gasteiger partial charge < -0.3 is 4.74 Å². The molecule has 2 aromatic rings. The maximum Gasteiger partial charge on any atom is 0.364 e. The van der Waals surface area contributed by atoms with Gasteiger partial charge in [0.25, 0.3) is 0 Å². The second-order valence-electron chi connectivity index (χ2n) is 13.3. The molecule has 3 heteroatoms. The minimum atomic E-state index is -0.573. The summed E-state index contributed by atoms with van der Waals surface area (Å²) in [6.45, 7) is 15.7. The van der Waals surface area contributed by atoms with Crippen LogP contribution >= 0.6 is 0 Å². The molecule has 4 fully saturated rings. The molecule has 0 aromatic heterocycles. The van der Waals surface area contributed by atoms with E-state index in [1.807, 2.05) is 0 Å². The smallest absolute Gasteiger partial charge is 0.364 e. The van der Waals surface area contributed by atoms with Crippen LogP contribution in [0.25, 0.3) is 0 Å². The summed E-state index contributed by atoms with van der Waals surface area (Å²) < 4.78 is 6.30. The maximum absolute atomic E-state index is 14.6. The summed E-state index contributed by atoms with van der Waals surface area (Å²) in [7, 11) is -0.423. The molecule has 0 N–H and O–H groups in total. The fraction of sp³-hybridized carbons (Fsp3) is 0.629. The zero-order chi connectivity index (χ0) is 27.2. The number of carbonyl (C=O) groups excluding carboxylic acids is 1. The number of carbonyl (C=O) groups is 1. The van der Waals surface area contributed by atoms with Gasteiger partial charge in [-0.3, -0.25) is 0 Å². The quantitative estimate of drug-likeness (QED) is 0.237. The topological polar surface area (TPSA) is 26.3 Å². The van der Waals surface area contributed by atoms with Crippen LogP contribution in [0.5, 0.6) is 0 Å². The molecule has 0 amide bonds. The minimum Gasteiger partial charge on any atom is -0.455 e. The van der Waals surface area contributed by atoms with Gasteiger partial charge in [0, 0.05) is 12.8 Å². The highest BCUT2D eigenvalue weighted by molar-refractivity contribution is 7.99. The molecule has 0 radical (unpaired) electrons. The predicted molar refractivity (Wildman–Crippen MR) is 160 cm³/mol. The molecule has 0 atom stereocenters. The molecule has 6 rings (SSSR count). The van der Waals surface area contributed by atoms with Crippen LogP contribution in [-0.4, -0.2) is 16.3 Å². The van der Waals surface area contributed by atoms with Crippen LogP contribution in [0.3, 0.4) is 0 Å². The highest BCUT2D eigenvalue weighted by Gasteiger charge is 2.61. The van der Waals surface area contributed by atoms with E-state index in [9.17, 15) is 4.79 Å². The summed E-state index contributed by atoms with van der Waals surface area (Å²) in [6, 6.07) is 18.2. The molecule has 4 saturated carbocycles. The van der Waals surface area contributed by atoms with Crippen molar-refractivity contribution in [3.05, 3.63) is 59.7 Å². The first-order valence-corrected chi connectivity index (χ1v) is 16.5. The van der Waals surface area contributed by atoms with Crippen LogP contribution in [0.15, 0.2) is 58.3 Å². The standard InChI is InChI=1S/C35H49O2S/c1-8-35(9-2,33(36)37-34(7)29-19-25-18-26(21-29)22-30(34)20-25)38(31-14-10-27(11-15-31)23(3)4)32-16-12-28(13-17-32)24(5)6/h10-17,23-26,29-30H,8-9,18-22H2,1-7H3/q+1. The summed E-state index contributed by atoms with van der Waals surface area (Å²) in [5.41, 5.74) is 2.38. The van der Waals surface area contributed by atoms with E-state index in [1.54, 1.807) is 0 Å². The molecule has 2 nitrogen and oxygen atoms in total. The molecule has 206 valence electrons. The van der Waals surface area contributed by atoms with Gasteiger partial charge in [-0.15, -0.1) is 0 Å². The maximum atomic E-state index is 14.6. The van der Waals surface area contributed by atoms with Gasteiger partial charge in [-0.1, -0.05) is 65.8 Å². The molecular formula is C35H49O2S+. The Labute approximate surface area is 234 Å². The van der Waals surface area contributed by atoms with Crippen LogP contribution in [0, 0.1) is 23.7 Å². The average Bonchev–Trinajstić information content (AvgIpc) is 2.90. The van der Waals surface area contributed by atoms with Crippen molar-refractivity contribution in [3.63, 3.8) is 0 Å². The Morgan fingerprint density at radius 1 is 0.789 bits per heavy atom. The van der Waals surface area contributed by atoms with Crippen molar-refractivity contribution < 1.29 is 9.53 Å². The van der Waals surface area contributed by atoms with Crippen molar-refractivity contribution >= 4 is 16.9 Å². The van der Waals surface area contributed by atoms with Crippen LogP contribution in [0.4, 0.5) is 0 Å². The van der Waals surface area contributed by atoms with Crippen LogP contribution in [0.2, 0.25) is 0 Å². The van der Waals surface area contributed by atoms with Crippen molar-refractivity contribution in [2.75, 3.05) is 0 Å². The Bertz CT molecular complexity index is 1030. The Morgan fingerprint density at radius 3 is 1.53 bits per heavy atom.